The molecule has 0 bridgehead atoms. The molecule has 70 valence electrons. The first-order valence-corrected chi connectivity index (χ1v) is 8.96. The predicted molar refractivity (Wildman–Crippen MR) is 58.4 cm³/mol. The van der Waals surface area contributed by atoms with Gasteiger partial charge in [-0.2, -0.15) is 0 Å². The van der Waals surface area contributed by atoms with Gasteiger partial charge < -0.3 is 0 Å². The first-order chi connectivity index (χ1) is 5.77. The molecule has 1 heterocycles. The molecule has 1 aliphatic carbocycles. The van der Waals surface area contributed by atoms with E-state index >= 15 is 0 Å². The summed E-state index contributed by atoms with van der Waals surface area (Å²) in [5.41, 5.74) is 0. The van der Waals surface area contributed by atoms with Crippen LogP contribution >= 0.6 is 20.1 Å². The summed E-state index contributed by atoms with van der Waals surface area (Å²) >= 11 is -0.992. The van der Waals surface area contributed by atoms with Gasteiger partial charge >= 0.3 is 81.0 Å². The van der Waals surface area contributed by atoms with Crippen molar-refractivity contribution in [2.75, 3.05) is 8.86 Å². The van der Waals surface area contributed by atoms with Gasteiger partial charge in [0.25, 0.3) is 0 Å². The Morgan fingerprint density at radius 2 is 1.58 bits per heavy atom. The molecule has 2 aliphatic rings. The van der Waals surface area contributed by atoms with E-state index in [2.05, 4.69) is 0 Å². The minimum absolute atomic E-state index is 0.412. The van der Waals surface area contributed by atoms with Crippen LogP contribution < -0.4 is 3.95 Å². The van der Waals surface area contributed by atoms with E-state index in [0.717, 1.165) is 12.8 Å². The van der Waals surface area contributed by atoms with E-state index in [0.29, 0.717) is 17.6 Å². The van der Waals surface area contributed by atoms with Crippen LogP contribution in [0.25, 0.3) is 0 Å². The van der Waals surface area contributed by atoms with Crippen molar-refractivity contribution in [1.29, 1.82) is 0 Å². The van der Waals surface area contributed by atoms with Gasteiger partial charge in [-0.15, -0.1) is 0 Å². The molecular formula is C9H16INO. The number of rotatable bonds is 2. The number of alkyl halides is 2. The van der Waals surface area contributed by atoms with Crippen LogP contribution in [-0.2, 0) is 4.79 Å². The standard InChI is InChI=1S/C9H16INO/c11-10-5-3-8(4-6-10)9(12)7-1-2-7/h7-8H,1-6,11H2. The summed E-state index contributed by atoms with van der Waals surface area (Å²) < 4.78 is 8.36. The second-order valence-corrected chi connectivity index (χ2v) is 8.82. The number of hydrogen-bond donors (Lipinski definition) is 1. The molecule has 2 nitrogen and oxygen atoms in total. The van der Waals surface area contributed by atoms with Crippen LogP contribution in [0.3, 0.4) is 0 Å². The van der Waals surface area contributed by atoms with Gasteiger partial charge in [-0.25, -0.2) is 0 Å². The van der Waals surface area contributed by atoms with E-state index in [9.17, 15) is 4.79 Å². The number of carbonyl (C=O) groups is 1. The van der Waals surface area contributed by atoms with Crippen molar-refractivity contribution in [3.8, 4) is 0 Å². The molecule has 1 saturated carbocycles. The van der Waals surface area contributed by atoms with Gasteiger partial charge in [0.1, 0.15) is 0 Å². The summed E-state index contributed by atoms with van der Waals surface area (Å²) in [4.78, 5) is 11.6. The zero-order valence-corrected chi connectivity index (χ0v) is 9.42. The van der Waals surface area contributed by atoms with Crippen LogP contribution in [-0.4, -0.2) is 14.6 Å². The quantitative estimate of drug-likeness (QED) is 0.476. The Bertz CT molecular complexity index is 183. The average Bonchev–Trinajstić information content (AvgIpc) is 2.87. The molecule has 0 aromatic heterocycles. The molecule has 0 aromatic rings. The van der Waals surface area contributed by atoms with Crippen LogP contribution in [0.15, 0.2) is 0 Å². The van der Waals surface area contributed by atoms with E-state index in [-0.39, 0.29) is 0 Å². The third kappa shape index (κ3) is 1.99. The zero-order chi connectivity index (χ0) is 8.55. The maximum atomic E-state index is 11.6. The van der Waals surface area contributed by atoms with Gasteiger partial charge in [0, 0.05) is 0 Å². The fraction of sp³-hybridized carbons (Fsp3) is 0.889. The first kappa shape index (κ1) is 8.94. The van der Waals surface area contributed by atoms with Gasteiger partial charge in [0.05, 0.1) is 0 Å². The van der Waals surface area contributed by atoms with E-state index in [1.165, 1.54) is 21.7 Å². The molecule has 0 spiro atoms. The summed E-state index contributed by atoms with van der Waals surface area (Å²) in [5, 5.41) is 0. The summed E-state index contributed by atoms with van der Waals surface area (Å²) in [6.45, 7) is 0. The number of carbonyl (C=O) groups excluding carboxylic acids is 1. The number of Topliss-reactive ketones (excluding diaryl/α,β-unsaturated/α-hetero) is 1. The van der Waals surface area contributed by atoms with E-state index < -0.39 is 20.1 Å². The Labute approximate surface area is 81.0 Å². The van der Waals surface area contributed by atoms with Gasteiger partial charge in [-0.05, 0) is 0 Å². The topological polar surface area (TPSA) is 43.1 Å². The van der Waals surface area contributed by atoms with Crippen LogP contribution in [0.5, 0.6) is 0 Å². The molecule has 3 heteroatoms. The Hall–Kier alpha value is 0.360. The number of halogens is 1. The van der Waals surface area contributed by atoms with E-state index in [4.69, 9.17) is 3.95 Å². The monoisotopic (exact) mass is 281 g/mol. The molecule has 0 aromatic carbocycles. The number of ketones is 1. The molecular weight excluding hydrogens is 265 g/mol. The average molecular weight is 281 g/mol. The summed E-state index contributed by atoms with van der Waals surface area (Å²) in [5.74, 6) is 1.45. The number of nitrogens with two attached hydrogens (primary N) is 1. The normalized spacial score (nSPS) is 28.9. The molecule has 2 rings (SSSR count). The van der Waals surface area contributed by atoms with Gasteiger partial charge in [0.15, 0.2) is 0 Å². The van der Waals surface area contributed by atoms with Crippen molar-refractivity contribution in [1.82, 2.24) is 0 Å². The van der Waals surface area contributed by atoms with Gasteiger partial charge in [-0.3, -0.25) is 0 Å². The second kappa shape index (κ2) is 3.62. The van der Waals surface area contributed by atoms with Crippen LogP contribution in [0.2, 0.25) is 0 Å². The Kier molecular flexibility index (Phi) is 2.69. The Balaban J connectivity index is 1.84. The molecule has 2 fully saturated rings. The van der Waals surface area contributed by atoms with Crippen molar-refractivity contribution in [2.45, 2.75) is 25.7 Å². The molecule has 1 saturated heterocycles. The van der Waals surface area contributed by atoms with Gasteiger partial charge in [-0.1, -0.05) is 0 Å². The van der Waals surface area contributed by atoms with Crippen molar-refractivity contribution < 1.29 is 4.79 Å². The third-order valence-corrected chi connectivity index (χ3v) is 6.80. The SMILES string of the molecule is NI1CCC(C(=O)C2CC2)CC1. The summed E-state index contributed by atoms with van der Waals surface area (Å²) in [7, 11) is 0. The second-order valence-electron chi connectivity index (χ2n) is 3.83. The zero-order valence-electron chi connectivity index (χ0n) is 7.26. The van der Waals surface area contributed by atoms with E-state index in [1.807, 2.05) is 0 Å². The third-order valence-electron chi connectivity index (χ3n) is 2.78. The molecule has 0 radical (unpaired) electrons. The summed E-state index contributed by atoms with van der Waals surface area (Å²) in [6.07, 6.45) is 4.58. The Morgan fingerprint density at radius 3 is 2.08 bits per heavy atom. The predicted octanol–water partition coefficient (Wildman–Crippen LogP) is 1.76. The minimum atomic E-state index is -0.992. The first-order valence-electron chi connectivity index (χ1n) is 4.67. The van der Waals surface area contributed by atoms with Crippen molar-refractivity contribution in [3.63, 3.8) is 0 Å². The summed E-state index contributed by atoms with van der Waals surface area (Å²) in [6, 6.07) is 0. The van der Waals surface area contributed by atoms with Crippen LogP contribution in [0.1, 0.15) is 25.7 Å². The van der Waals surface area contributed by atoms with Crippen LogP contribution in [0.4, 0.5) is 0 Å². The number of hydrogen-bond acceptors (Lipinski definition) is 2. The fourth-order valence-corrected chi connectivity index (χ4v) is 5.41. The van der Waals surface area contributed by atoms with Crippen molar-refractivity contribution in [2.24, 2.45) is 15.8 Å². The molecule has 1 aliphatic heterocycles. The molecule has 0 unspecified atom stereocenters. The fourth-order valence-electron chi connectivity index (χ4n) is 1.77. The maximum absolute atomic E-state index is 11.6. The Morgan fingerprint density at radius 1 is 1.08 bits per heavy atom. The molecule has 0 amide bonds. The van der Waals surface area contributed by atoms with Crippen molar-refractivity contribution in [3.05, 3.63) is 0 Å². The van der Waals surface area contributed by atoms with Crippen molar-refractivity contribution >= 4 is 25.9 Å². The molecule has 2 N–H and O–H groups in total. The van der Waals surface area contributed by atoms with E-state index in [1.54, 1.807) is 0 Å². The molecule has 0 atom stereocenters. The van der Waals surface area contributed by atoms with Gasteiger partial charge in [0.2, 0.25) is 0 Å². The molecule has 12 heavy (non-hydrogen) atoms. The van der Waals surface area contributed by atoms with Crippen LogP contribution in [0, 0.1) is 11.8 Å².